The number of nitrogen functional groups attached to an aromatic ring is 1. The van der Waals surface area contributed by atoms with Crippen LogP contribution >= 0.6 is 0 Å². The standard InChI is InChI=1S/C9H12F3N3O3/c1-5-6(13)7(15(2)14-5)8(16)18-4-17-3-9(10,11)12/h3-4,13H2,1-2H3. The van der Waals surface area contributed by atoms with Crippen molar-refractivity contribution in [3.63, 3.8) is 0 Å². The molecule has 1 rings (SSSR count). The summed E-state index contributed by atoms with van der Waals surface area (Å²) in [6, 6.07) is 0. The molecule has 0 fully saturated rings. The second-order valence-corrected chi connectivity index (χ2v) is 3.48. The predicted molar refractivity (Wildman–Crippen MR) is 54.6 cm³/mol. The van der Waals surface area contributed by atoms with Gasteiger partial charge < -0.3 is 15.2 Å². The molecule has 0 aliphatic heterocycles. The SMILES string of the molecule is Cc1nn(C)c(C(=O)OCOCC(F)(F)F)c1N. The molecule has 0 aliphatic rings. The van der Waals surface area contributed by atoms with Crippen LogP contribution in [-0.4, -0.2) is 35.3 Å². The lowest BCUT2D eigenvalue weighted by molar-refractivity contribution is -0.190. The van der Waals surface area contributed by atoms with Crippen LogP contribution in [0.15, 0.2) is 0 Å². The summed E-state index contributed by atoms with van der Waals surface area (Å²) >= 11 is 0. The number of carbonyl (C=O) groups excluding carboxylic acids is 1. The van der Waals surface area contributed by atoms with Gasteiger partial charge in [-0.25, -0.2) is 4.79 Å². The van der Waals surface area contributed by atoms with Gasteiger partial charge >= 0.3 is 12.1 Å². The highest BCUT2D eigenvalue weighted by Gasteiger charge is 2.28. The van der Waals surface area contributed by atoms with Gasteiger partial charge in [0.25, 0.3) is 0 Å². The fraction of sp³-hybridized carbons (Fsp3) is 0.556. The molecule has 2 N–H and O–H groups in total. The van der Waals surface area contributed by atoms with Crippen molar-refractivity contribution in [3.8, 4) is 0 Å². The third-order valence-corrected chi connectivity index (χ3v) is 2.00. The van der Waals surface area contributed by atoms with Gasteiger partial charge in [0.2, 0.25) is 0 Å². The van der Waals surface area contributed by atoms with Crippen molar-refractivity contribution >= 4 is 11.7 Å². The number of alkyl halides is 3. The molecule has 0 saturated carbocycles. The summed E-state index contributed by atoms with van der Waals surface area (Å²) in [5.41, 5.74) is 6.10. The summed E-state index contributed by atoms with van der Waals surface area (Å²) in [6.07, 6.45) is -4.46. The Labute approximate surface area is 100 Å². The number of nitrogens with zero attached hydrogens (tertiary/aromatic N) is 2. The number of nitrogens with two attached hydrogens (primary N) is 1. The number of esters is 1. The number of hydrogen-bond acceptors (Lipinski definition) is 5. The number of hydrogen-bond donors (Lipinski definition) is 1. The van der Waals surface area contributed by atoms with Gasteiger partial charge in [-0.15, -0.1) is 0 Å². The second kappa shape index (κ2) is 5.25. The van der Waals surface area contributed by atoms with Gasteiger partial charge in [-0.2, -0.15) is 18.3 Å². The Morgan fingerprint density at radius 1 is 1.50 bits per heavy atom. The van der Waals surface area contributed by atoms with Crippen LogP contribution in [0.2, 0.25) is 0 Å². The lowest BCUT2D eigenvalue weighted by atomic mass is 10.3. The van der Waals surface area contributed by atoms with Gasteiger partial charge in [0, 0.05) is 7.05 Å². The summed E-state index contributed by atoms with van der Waals surface area (Å²) in [6.45, 7) is -0.700. The Bertz CT molecular complexity index is 442. The number of rotatable bonds is 4. The molecule has 0 aliphatic carbocycles. The first-order chi connectivity index (χ1) is 8.22. The van der Waals surface area contributed by atoms with E-state index in [9.17, 15) is 18.0 Å². The van der Waals surface area contributed by atoms with Crippen LogP contribution in [0.1, 0.15) is 16.2 Å². The molecule has 0 saturated heterocycles. The van der Waals surface area contributed by atoms with Crippen LogP contribution in [0.4, 0.5) is 18.9 Å². The normalized spacial score (nSPS) is 11.6. The molecule has 1 heterocycles. The molecule has 1 aromatic heterocycles. The highest BCUT2D eigenvalue weighted by molar-refractivity contribution is 5.93. The van der Waals surface area contributed by atoms with Crippen molar-refractivity contribution in [2.45, 2.75) is 13.1 Å². The predicted octanol–water partition coefficient (Wildman–Crippen LogP) is 1.00. The zero-order valence-corrected chi connectivity index (χ0v) is 9.74. The van der Waals surface area contributed by atoms with E-state index < -0.39 is 25.5 Å². The Kier molecular flexibility index (Phi) is 4.17. The maximum absolute atomic E-state index is 11.7. The second-order valence-electron chi connectivity index (χ2n) is 3.48. The van der Waals surface area contributed by atoms with E-state index in [-0.39, 0.29) is 11.4 Å². The summed E-state index contributed by atoms with van der Waals surface area (Å²) < 4.78 is 45.0. The summed E-state index contributed by atoms with van der Waals surface area (Å²) in [7, 11) is 1.47. The molecule has 6 nitrogen and oxygen atoms in total. The van der Waals surface area contributed by atoms with E-state index in [1.54, 1.807) is 6.92 Å². The molecule has 0 aromatic carbocycles. The molecule has 0 spiro atoms. The van der Waals surface area contributed by atoms with Crippen LogP contribution < -0.4 is 5.73 Å². The molecule has 102 valence electrons. The van der Waals surface area contributed by atoms with E-state index in [0.717, 1.165) is 0 Å². The fourth-order valence-corrected chi connectivity index (χ4v) is 1.24. The highest BCUT2D eigenvalue weighted by Crippen LogP contribution is 2.17. The van der Waals surface area contributed by atoms with Crippen molar-refractivity contribution in [1.82, 2.24) is 9.78 Å². The monoisotopic (exact) mass is 267 g/mol. The average molecular weight is 267 g/mol. The first-order valence-electron chi connectivity index (χ1n) is 4.83. The van der Waals surface area contributed by atoms with E-state index in [1.165, 1.54) is 11.7 Å². The lowest BCUT2D eigenvalue weighted by Gasteiger charge is -2.08. The maximum atomic E-state index is 11.7. The van der Waals surface area contributed by atoms with Gasteiger partial charge in [-0.05, 0) is 6.92 Å². The Balaban J connectivity index is 2.51. The minimum Gasteiger partial charge on any atom is -0.434 e. The largest absolute Gasteiger partial charge is 0.434 e. The Morgan fingerprint density at radius 2 is 2.11 bits per heavy atom. The van der Waals surface area contributed by atoms with E-state index in [2.05, 4.69) is 14.6 Å². The number of aryl methyl sites for hydroxylation is 2. The average Bonchev–Trinajstić information content (AvgIpc) is 2.47. The van der Waals surface area contributed by atoms with Crippen molar-refractivity contribution in [2.24, 2.45) is 7.05 Å². The zero-order valence-electron chi connectivity index (χ0n) is 9.74. The Hall–Kier alpha value is -1.77. The summed E-state index contributed by atoms with van der Waals surface area (Å²) in [4.78, 5) is 11.5. The molecule has 0 unspecified atom stereocenters. The highest BCUT2D eigenvalue weighted by atomic mass is 19.4. The molecule has 0 radical (unpaired) electrons. The number of anilines is 1. The zero-order chi connectivity index (χ0) is 13.9. The fourth-order valence-electron chi connectivity index (χ4n) is 1.24. The van der Waals surface area contributed by atoms with Crippen molar-refractivity contribution in [2.75, 3.05) is 19.1 Å². The van der Waals surface area contributed by atoms with E-state index in [0.29, 0.717) is 5.69 Å². The lowest BCUT2D eigenvalue weighted by Crippen LogP contribution is -2.20. The first-order valence-corrected chi connectivity index (χ1v) is 4.83. The Morgan fingerprint density at radius 3 is 2.56 bits per heavy atom. The van der Waals surface area contributed by atoms with E-state index in [4.69, 9.17) is 5.73 Å². The van der Waals surface area contributed by atoms with Crippen molar-refractivity contribution < 1.29 is 27.4 Å². The van der Waals surface area contributed by atoms with Gasteiger partial charge in [0.15, 0.2) is 12.5 Å². The van der Waals surface area contributed by atoms with Crippen LogP contribution in [0.25, 0.3) is 0 Å². The third-order valence-electron chi connectivity index (χ3n) is 2.00. The quantitative estimate of drug-likeness (QED) is 0.500. The smallest absolute Gasteiger partial charge is 0.411 e. The van der Waals surface area contributed by atoms with Gasteiger partial charge in [0.1, 0.15) is 6.61 Å². The van der Waals surface area contributed by atoms with Crippen LogP contribution in [0, 0.1) is 6.92 Å². The molecule has 9 heteroatoms. The number of carbonyl (C=O) groups is 1. The molecule has 1 aromatic rings. The van der Waals surface area contributed by atoms with Crippen LogP contribution in [0.5, 0.6) is 0 Å². The molecular weight excluding hydrogens is 255 g/mol. The van der Waals surface area contributed by atoms with Gasteiger partial charge in [-0.1, -0.05) is 0 Å². The van der Waals surface area contributed by atoms with Crippen LogP contribution in [-0.2, 0) is 16.5 Å². The summed E-state index contributed by atoms with van der Waals surface area (Å²) in [5.74, 6) is -0.891. The minimum absolute atomic E-state index is 0.0249. The van der Waals surface area contributed by atoms with Gasteiger partial charge in [-0.3, -0.25) is 4.68 Å². The molecule has 0 amide bonds. The van der Waals surface area contributed by atoms with Gasteiger partial charge in [0.05, 0.1) is 11.4 Å². The third kappa shape index (κ3) is 3.62. The van der Waals surface area contributed by atoms with E-state index in [1.807, 2.05) is 0 Å². The summed E-state index contributed by atoms with van der Waals surface area (Å²) in [5, 5.41) is 3.87. The maximum Gasteiger partial charge on any atom is 0.411 e. The topological polar surface area (TPSA) is 79.4 Å². The first kappa shape index (κ1) is 14.3. The van der Waals surface area contributed by atoms with Crippen molar-refractivity contribution in [3.05, 3.63) is 11.4 Å². The van der Waals surface area contributed by atoms with Crippen molar-refractivity contribution in [1.29, 1.82) is 0 Å². The molecular formula is C9H12F3N3O3. The number of aromatic nitrogens is 2. The molecule has 0 bridgehead atoms. The number of halogens is 3. The molecule has 0 atom stereocenters. The van der Waals surface area contributed by atoms with E-state index >= 15 is 0 Å². The molecule has 18 heavy (non-hydrogen) atoms. The minimum atomic E-state index is -4.46. The number of ether oxygens (including phenoxy) is 2. The van der Waals surface area contributed by atoms with Crippen LogP contribution in [0.3, 0.4) is 0 Å².